The molecule has 0 spiro atoms. The van der Waals surface area contributed by atoms with Crippen LogP contribution in [0, 0.1) is 19.8 Å². The van der Waals surface area contributed by atoms with E-state index >= 15 is 0 Å². The van der Waals surface area contributed by atoms with Gasteiger partial charge < -0.3 is 14.6 Å². The Morgan fingerprint density at radius 3 is 2.64 bits per heavy atom. The summed E-state index contributed by atoms with van der Waals surface area (Å²) in [5.41, 5.74) is 2.54. The zero-order valence-electron chi connectivity index (χ0n) is 17.3. The fourth-order valence-electron chi connectivity index (χ4n) is 3.73. The van der Waals surface area contributed by atoms with Crippen molar-refractivity contribution in [2.75, 3.05) is 26.7 Å². The van der Waals surface area contributed by atoms with E-state index < -0.39 is 0 Å². The Morgan fingerprint density at radius 1 is 1.29 bits per heavy atom. The van der Waals surface area contributed by atoms with Crippen LogP contribution in [0.1, 0.15) is 48.7 Å². The molecule has 152 valence electrons. The molecule has 1 aromatic carbocycles. The molecule has 0 saturated carbocycles. The number of nitrogens with one attached hydrogen (secondary N) is 1. The molecule has 1 saturated heterocycles. The SMILES string of the molecule is Cc1nnc(CN(C)C(=O)NC[C@@H](c2ccccc2C)N2CCC(C)CC2)o1. The number of piperidine rings is 1. The molecule has 3 rings (SSSR count). The average Bonchev–Trinajstić information content (AvgIpc) is 3.09. The molecule has 2 heterocycles. The Morgan fingerprint density at radius 2 is 2.00 bits per heavy atom. The fourth-order valence-corrected chi connectivity index (χ4v) is 3.73. The molecular weight excluding hydrogens is 354 g/mol. The lowest BCUT2D eigenvalue weighted by Gasteiger charge is -2.38. The highest BCUT2D eigenvalue weighted by molar-refractivity contribution is 5.73. The van der Waals surface area contributed by atoms with Crippen molar-refractivity contribution >= 4 is 6.03 Å². The number of nitrogens with zero attached hydrogens (tertiary/aromatic N) is 4. The third-order valence-corrected chi connectivity index (χ3v) is 5.54. The maximum atomic E-state index is 12.6. The second-order valence-corrected chi connectivity index (χ2v) is 7.85. The van der Waals surface area contributed by atoms with Gasteiger partial charge in [0.15, 0.2) is 0 Å². The lowest BCUT2D eigenvalue weighted by molar-refractivity contribution is 0.133. The van der Waals surface area contributed by atoms with Crippen LogP contribution in [0.25, 0.3) is 0 Å². The van der Waals surface area contributed by atoms with E-state index in [0.29, 0.717) is 24.9 Å². The first-order valence-electron chi connectivity index (χ1n) is 10.0. The van der Waals surface area contributed by atoms with Crippen LogP contribution >= 0.6 is 0 Å². The van der Waals surface area contributed by atoms with Gasteiger partial charge in [-0.15, -0.1) is 10.2 Å². The van der Waals surface area contributed by atoms with Gasteiger partial charge in [0, 0.05) is 20.5 Å². The van der Waals surface area contributed by atoms with Crippen molar-refractivity contribution in [1.82, 2.24) is 25.3 Å². The zero-order chi connectivity index (χ0) is 20.1. The molecule has 1 aromatic heterocycles. The van der Waals surface area contributed by atoms with Crippen molar-refractivity contribution in [3.63, 3.8) is 0 Å². The molecule has 2 aromatic rings. The highest BCUT2D eigenvalue weighted by Gasteiger charge is 2.26. The molecule has 0 bridgehead atoms. The standard InChI is InChI=1S/C21H31N5O2/c1-15-9-11-26(12-10-15)19(18-8-6-5-7-16(18)2)13-22-21(27)25(4)14-20-24-23-17(3)28-20/h5-8,15,19H,9-14H2,1-4H3,(H,22,27)/t19-/m0/s1. The minimum absolute atomic E-state index is 0.139. The molecule has 0 unspecified atom stereocenters. The summed E-state index contributed by atoms with van der Waals surface area (Å²) in [6, 6.07) is 8.49. The number of amides is 2. The number of aromatic nitrogens is 2. The van der Waals surface area contributed by atoms with Crippen LogP contribution in [0.3, 0.4) is 0 Å². The maximum absolute atomic E-state index is 12.6. The monoisotopic (exact) mass is 385 g/mol. The van der Waals surface area contributed by atoms with E-state index in [9.17, 15) is 4.79 Å². The Bertz CT molecular complexity index is 783. The van der Waals surface area contributed by atoms with Crippen molar-refractivity contribution < 1.29 is 9.21 Å². The molecule has 1 N–H and O–H groups in total. The highest BCUT2D eigenvalue weighted by atomic mass is 16.4. The average molecular weight is 386 g/mol. The van der Waals surface area contributed by atoms with Gasteiger partial charge in [0.25, 0.3) is 0 Å². The summed E-state index contributed by atoms with van der Waals surface area (Å²) >= 11 is 0. The number of likely N-dealkylation sites (tertiary alicyclic amines) is 1. The first-order valence-corrected chi connectivity index (χ1v) is 10.0. The molecule has 0 aliphatic carbocycles. The molecule has 1 aliphatic heterocycles. The van der Waals surface area contributed by atoms with Gasteiger partial charge in [0.2, 0.25) is 11.8 Å². The number of carbonyl (C=O) groups excluding carboxylic acids is 1. The normalized spacial score (nSPS) is 16.7. The van der Waals surface area contributed by atoms with Crippen molar-refractivity contribution in [3.05, 3.63) is 47.2 Å². The van der Waals surface area contributed by atoms with E-state index in [0.717, 1.165) is 19.0 Å². The van der Waals surface area contributed by atoms with E-state index in [4.69, 9.17) is 4.42 Å². The number of aryl methyl sites for hydroxylation is 2. The first kappa shape index (κ1) is 20.3. The molecule has 2 amide bonds. The van der Waals surface area contributed by atoms with Crippen LogP contribution in [0.4, 0.5) is 4.79 Å². The summed E-state index contributed by atoms with van der Waals surface area (Å²) in [5.74, 6) is 1.71. The highest BCUT2D eigenvalue weighted by Crippen LogP contribution is 2.28. The molecular formula is C21H31N5O2. The lowest BCUT2D eigenvalue weighted by Crippen LogP contribution is -2.45. The number of hydrogen-bond donors (Lipinski definition) is 1. The van der Waals surface area contributed by atoms with Crippen LogP contribution in [0.15, 0.2) is 28.7 Å². The van der Waals surface area contributed by atoms with Crippen LogP contribution in [0.5, 0.6) is 0 Å². The van der Waals surface area contributed by atoms with Crippen molar-refractivity contribution in [2.24, 2.45) is 5.92 Å². The van der Waals surface area contributed by atoms with Crippen molar-refractivity contribution in [1.29, 1.82) is 0 Å². The molecule has 1 atom stereocenters. The lowest BCUT2D eigenvalue weighted by atomic mass is 9.94. The van der Waals surface area contributed by atoms with E-state index in [1.165, 1.54) is 24.0 Å². The van der Waals surface area contributed by atoms with Crippen LogP contribution < -0.4 is 5.32 Å². The Balaban J connectivity index is 1.65. The third-order valence-electron chi connectivity index (χ3n) is 5.54. The summed E-state index contributed by atoms with van der Waals surface area (Å²) in [6.45, 7) is 9.19. The summed E-state index contributed by atoms with van der Waals surface area (Å²) in [6.07, 6.45) is 2.40. The smallest absolute Gasteiger partial charge is 0.317 e. The van der Waals surface area contributed by atoms with Gasteiger partial charge in [-0.25, -0.2) is 4.79 Å². The second-order valence-electron chi connectivity index (χ2n) is 7.85. The van der Waals surface area contributed by atoms with Gasteiger partial charge in [0.1, 0.15) is 6.54 Å². The minimum Gasteiger partial charge on any atom is -0.424 e. The van der Waals surface area contributed by atoms with Crippen LogP contribution in [-0.4, -0.2) is 52.7 Å². The Hall–Kier alpha value is -2.41. The molecule has 1 aliphatic rings. The second kappa shape index (κ2) is 9.19. The number of rotatable bonds is 6. The summed E-state index contributed by atoms with van der Waals surface area (Å²) in [7, 11) is 1.74. The molecule has 28 heavy (non-hydrogen) atoms. The van der Waals surface area contributed by atoms with Gasteiger partial charge in [-0.05, 0) is 49.9 Å². The minimum atomic E-state index is -0.139. The van der Waals surface area contributed by atoms with Crippen molar-refractivity contribution in [2.45, 2.75) is 46.2 Å². The third kappa shape index (κ3) is 5.10. The molecule has 0 radical (unpaired) electrons. The quantitative estimate of drug-likeness (QED) is 0.826. The summed E-state index contributed by atoms with van der Waals surface area (Å²) < 4.78 is 5.37. The Labute approximate surface area is 167 Å². The first-order chi connectivity index (χ1) is 13.4. The van der Waals surface area contributed by atoms with Gasteiger partial charge in [-0.2, -0.15) is 0 Å². The summed E-state index contributed by atoms with van der Waals surface area (Å²) in [4.78, 5) is 16.7. The van der Waals surface area contributed by atoms with Gasteiger partial charge in [-0.3, -0.25) is 4.90 Å². The fraction of sp³-hybridized carbons (Fsp3) is 0.571. The van der Waals surface area contributed by atoms with Gasteiger partial charge in [-0.1, -0.05) is 31.2 Å². The molecule has 7 nitrogen and oxygen atoms in total. The Kier molecular flexibility index (Phi) is 6.67. The van der Waals surface area contributed by atoms with Crippen LogP contribution in [0.2, 0.25) is 0 Å². The number of carbonyl (C=O) groups is 1. The molecule has 1 fully saturated rings. The van der Waals surface area contributed by atoms with E-state index in [2.05, 4.69) is 58.5 Å². The van der Waals surface area contributed by atoms with E-state index in [-0.39, 0.29) is 12.1 Å². The maximum Gasteiger partial charge on any atom is 0.317 e. The van der Waals surface area contributed by atoms with Gasteiger partial charge >= 0.3 is 6.03 Å². The van der Waals surface area contributed by atoms with Crippen molar-refractivity contribution in [3.8, 4) is 0 Å². The topological polar surface area (TPSA) is 74.5 Å². The van der Waals surface area contributed by atoms with E-state index in [1.807, 2.05) is 0 Å². The molecule has 7 heteroatoms. The number of hydrogen-bond acceptors (Lipinski definition) is 5. The zero-order valence-corrected chi connectivity index (χ0v) is 17.3. The number of urea groups is 1. The largest absolute Gasteiger partial charge is 0.424 e. The summed E-state index contributed by atoms with van der Waals surface area (Å²) in [5, 5.41) is 10.9. The predicted molar refractivity (Wildman–Crippen MR) is 108 cm³/mol. The van der Waals surface area contributed by atoms with Crippen LogP contribution in [-0.2, 0) is 6.54 Å². The van der Waals surface area contributed by atoms with Gasteiger partial charge in [0.05, 0.1) is 6.04 Å². The number of benzene rings is 1. The van der Waals surface area contributed by atoms with E-state index in [1.54, 1.807) is 18.9 Å². The predicted octanol–water partition coefficient (Wildman–Crippen LogP) is 3.30.